The van der Waals surface area contributed by atoms with Gasteiger partial charge in [-0.05, 0) is 44.5 Å². The fourth-order valence-electron chi connectivity index (χ4n) is 1.26. The normalized spacial score (nSPS) is 11.1. The zero-order chi connectivity index (χ0) is 10.6. The minimum atomic E-state index is 1.13. The molecule has 0 aromatic carbocycles. The minimum Gasteiger partial charge on any atom is -0.315 e. The van der Waals surface area contributed by atoms with Crippen molar-refractivity contribution >= 4 is 11.8 Å². The van der Waals surface area contributed by atoms with E-state index < -0.39 is 0 Å². The van der Waals surface area contributed by atoms with E-state index in [4.69, 9.17) is 0 Å². The third-order valence-electron chi connectivity index (χ3n) is 2.13. The monoisotopic (exact) mass is 218 g/mol. The molecule has 0 fully saturated rings. The predicted molar refractivity (Wildman–Crippen MR) is 68.3 cm³/mol. The van der Waals surface area contributed by atoms with Gasteiger partial charge >= 0.3 is 0 Å². The van der Waals surface area contributed by atoms with Crippen LogP contribution in [0.1, 0.15) is 26.7 Å². The molecule has 0 saturated carbocycles. The first-order valence-corrected chi connectivity index (χ1v) is 6.93. The van der Waals surface area contributed by atoms with E-state index in [9.17, 15) is 0 Å². The minimum absolute atomic E-state index is 1.13. The van der Waals surface area contributed by atoms with Gasteiger partial charge in [-0.1, -0.05) is 13.8 Å². The van der Waals surface area contributed by atoms with Crippen LogP contribution in [0.2, 0.25) is 0 Å². The van der Waals surface area contributed by atoms with Crippen molar-refractivity contribution in [2.24, 2.45) is 0 Å². The maximum Gasteiger partial charge on any atom is 0.0104 e. The van der Waals surface area contributed by atoms with E-state index in [1.165, 1.54) is 37.4 Å². The first kappa shape index (κ1) is 14.3. The number of nitrogens with zero attached hydrogens (tertiary/aromatic N) is 1. The molecule has 0 saturated heterocycles. The first-order valence-electron chi connectivity index (χ1n) is 5.78. The standard InChI is InChI=1S/C11H26N2S/c1-4-7-12-8-10-13(3)9-6-11-14-5-2/h12H,4-11H2,1-3H3. The molecule has 0 atom stereocenters. The Morgan fingerprint density at radius 1 is 1.14 bits per heavy atom. The van der Waals surface area contributed by atoms with Gasteiger partial charge in [-0.25, -0.2) is 0 Å². The zero-order valence-corrected chi connectivity index (χ0v) is 10.8. The fraction of sp³-hybridized carbons (Fsp3) is 1.00. The Hall–Kier alpha value is 0.270. The number of hydrogen-bond donors (Lipinski definition) is 1. The van der Waals surface area contributed by atoms with Gasteiger partial charge in [-0.2, -0.15) is 11.8 Å². The maximum absolute atomic E-state index is 3.42. The summed E-state index contributed by atoms with van der Waals surface area (Å²) in [6, 6.07) is 0. The van der Waals surface area contributed by atoms with Crippen LogP contribution in [0, 0.1) is 0 Å². The van der Waals surface area contributed by atoms with Crippen LogP contribution in [0.5, 0.6) is 0 Å². The van der Waals surface area contributed by atoms with Crippen LogP contribution in [-0.2, 0) is 0 Å². The van der Waals surface area contributed by atoms with Gasteiger partial charge in [0.05, 0.1) is 0 Å². The molecular weight excluding hydrogens is 192 g/mol. The summed E-state index contributed by atoms with van der Waals surface area (Å²) in [6.45, 7) is 9.13. The molecule has 0 aromatic heterocycles. The Kier molecular flexibility index (Phi) is 11.6. The van der Waals surface area contributed by atoms with E-state index in [2.05, 4.69) is 31.1 Å². The first-order chi connectivity index (χ1) is 6.81. The van der Waals surface area contributed by atoms with E-state index in [1.54, 1.807) is 0 Å². The lowest BCUT2D eigenvalue weighted by atomic mass is 10.4. The molecule has 0 spiro atoms. The van der Waals surface area contributed by atoms with Crippen molar-refractivity contribution in [1.29, 1.82) is 0 Å². The topological polar surface area (TPSA) is 15.3 Å². The highest BCUT2D eigenvalue weighted by molar-refractivity contribution is 7.99. The Balaban J connectivity index is 3.07. The van der Waals surface area contributed by atoms with Gasteiger partial charge in [0, 0.05) is 13.1 Å². The molecule has 0 aliphatic heterocycles. The summed E-state index contributed by atoms with van der Waals surface area (Å²) in [5.74, 6) is 2.56. The Labute approximate surface area is 93.8 Å². The van der Waals surface area contributed by atoms with Crippen LogP contribution in [-0.4, -0.2) is 49.6 Å². The largest absolute Gasteiger partial charge is 0.315 e. The van der Waals surface area contributed by atoms with E-state index in [-0.39, 0.29) is 0 Å². The lowest BCUT2D eigenvalue weighted by Gasteiger charge is -2.16. The number of likely N-dealkylation sites (N-methyl/N-ethyl adjacent to an activating group) is 1. The highest BCUT2D eigenvalue weighted by Gasteiger charge is 1.96. The molecule has 14 heavy (non-hydrogen) atoms. The molecule has 0 radical (unpaired) electrons. The van der Waals surface area contributed by atoms with E-state index in [0.717, 1.165) is 13.1 Å². The second-order valence-electron chi connectivity index (χ2n) is 3.60. The summed E-state index contributed by atoms with van der Waals surface area (Å²) in [7, 11) is 2.21. The molecule has 1 N–H and O–H groups in total. The summed E-state index contributed by atoms with van der Waals surface area (Å²) in [5.41, 5.74) is 0. The number of thioether (sulfide) groups is 1. The Morgan fingerprint density at radius 3 is 2.57 bits per heavy atom. The van der Waals surface area contributed by atoms with Crippen molar-refractivity contribution in [3.05, 3.63) is 0 Å². The van der Waals surface area contributed by atoms with Crippen LogP contribution >= 0.6 is 11.8 Å². The highest BCUT2D eigenvalue weighted by Crippen LogP contribution is 2.01. The van der Waals surface area contributed by atoms with Crippen molar-refractivity contribution in [3.63, 3.8) is 0 Å². The van der Waals surface area contributed by atoms with Crippen LogP contribution in [0.15, 0.2) is 0 Å². The summed E-state index contributed by atoms with van der Waals surface area (Å²) in [5, 5.41) is 3.42. The summed E-state index contributed by atoms with van der Waals surface area (Å²) in [4.78, 5) is 2.42. The summed E-state index contributed by atoms with van der Waals surface area (Å²) in [6.07, 6.45) is 2.56. The Morgan fingerprint density at radius 2 is 1.93 bits per heavy atom. The highest BCUT2D eigenvalue weighted by atomic mass is 32.2. The second kappa shape index (κ2) is 11.3. The zero-order valence-electron chi connectivity index (χ0n) is 10.0. The van der Waals surface area contributed by atoms with Crippen molar-refractivity contribution in [3.8, 4) is 0 Å². The van der Waals surface area contributed by atoms with Crippen LogP contribution < -0.4 is 5.32 Å². The molecule has 0 aromatic rings. The average Bonchev–Trinajstić information content (AvgIpc) is 2.19. The van der Waals surface area contributed by atoms with Gasteiger partial charge in [-0.15, -0.1) is 0 Å². The smallest absolute Gasteiger partial charge is 0.0104 e. The number of hydrogen-bond acceptors (Lipinski definition) is 3. The van der Waals surface area contributed by atoms with Gasteiger partial charge in [0.15, 0.2) is 0 Å². The van der Waals surface area contributed by atoms with Gasteiger partial charge < -0.3 is 10.2 Å². The molecule has 0 unspecified atom stereocenters. The van der Waals surface area contributed by atoms with E-state index in [0.29, 0.717) is 0 Å². The maximum atomic E-state index is 3.42. The van der Waals surface area contributed by atoms with Crippen molar-refractivity contribution < 1.29 is 0 Å². The van der Waals surface area contributed by atoms with E-state index >= 15 is 0 Å². The molecule has 86 valence electrons. The fourth-order valence-corrected chi connectivity index (χ4v) is 1.89. The molecular formula is C11H26N2S. The third kappa shape index (κ3) is 10.4. The average molecular weight is 218 g/mol. The van der Waals surface area contributed by atoms with Crippen LogP contribution in [0.3, 0.4) is 0 Å². The van der Waals surface area contributed by atoms with Crippen molar-refractivity contribution in [2.45, 2.75) is 26.7 Å². The molecule has 0 heterocycles. The number of nitrogens with one attached hydrogen (secondary N) is 1. The van der Waals surface area contributed by atoms with Crippen molar-refractivity contribution in [1.82, 2.24) is 10.2 Å². The van der Waals surface area contributed by atoms with Gasteiger partial charge in [0.25, 0.3) is 0 Å². The molecule has 0 rings (SSSR count). The Bertz CT molecular complexity index is 97.5. The van der Waals surface area contributed by atoms with Crippen LogP contribution in [0.4, 0.5) is 0 Å². The lowest BCUT2D eigenvalue weighted by molar-refractivity contribution is 0.333. The van der Waals surface area contributed by atoms with Crippen molar-refractivity contribution in [2.75, 3.05) is 44.7 Å². The van der Waals surface area contributed by atoms with Gasteiger partial charge in [-0.3, -0.25) is 0 Å². The molecule has 0 aliphatic carbocycles. The molecule has 0 aliphatic rings. The SMILES string of the molecule is CCCNCCN(C)CCCSCC. The summed E-state index contributed by atoms with van der Waals surface area (Å²) >= 11 is 2.04. The van der Waals surface area contributed by atoms with E-state index in [1.807, 2.05) is 11.8 Å². The summed E-state index contributed by atoms with van der Waals surface area (Å²) < 4.78 is 0. The van der Waals surface area contributed by atoms with Crippen LogP contribution in [0.25, 0.3) is 0 Å². The number of rotatable bonds is 10. The molecule has 3 heteroatoms. The molecule has 0 amide bonds. The molecule has 0 bridgehead atoms. The third-order valence-corrected chi connectivity index (χ3v) is 3.12. The quantitative estimate of drug-likeness (QED) is 0.565. The van der Waals surface area contributed by atoms with Gasteiger partial charge in [0.2, 0.25) is 0 Å². The van der Waals surface area contributed by atoms with Gasteiger partial charge in [0.1, 0.15) is 0 Å². The lowest BCUT2D eigenvalue weighted by Crippen LogP contribution is -2.30. The molecule has 2 nitrogen and oxygen atoms in total. The predicted octanol–water partition coefficient (Wildman–Crippen LogP) is 2.06. The second-order valence-corrected chi connectivity index (χ2v) is 5.00.